The van der Waals surface area contributed by atoms with Crippen molar-refractivity contribution in [1.82, 2.24) is 5.32 Å². The van der Waals surface area contributed by atoms with Crippen LogP contribution in [0.3, 0.4) is 0 Å². The van der Waals surface area contributed by atoms with Crippen LogP contribution in [0.5, 0.6) is 0 Å². The lowest BCUT2D eigenvalue weighted by Gasteiger charge is -2.20. The zero-order chi connectivity index (χ0) is 13.7. The van der Waals surface area contributed by atoms with Gasteiger partial charge in [-0.05, 0) is 40.0 Å². The van der Waals surface area contributed by atoms with Crippen molar-refractivity contribution in [3.63, 3.8) is 0 Å². The molecule has 1 aliphatic heterocycles. The minimum absolute atomic E-state index is 0.156. The van der Waals surface area contributed by atoms with E-state index in [4.69, 9.17) is 21.1 Å². The van der Waals surface area contributed by atoms with Gasteiger partial charge in [-0.1, -0.05) is 17.7 Å². The highest BCUT2D eigenvalue weighted by atomic mass is 79.9. The summed E-state index contributed by atoms with van der Waals surface area (Å²) in [6, 6.07) is 6.02. The van der Waals surface area contributed by atoms with Gasteiger partial charge >= 0.3 is 0 Å². The molecule has 2 unspecified atom stereocenters. The normalized spacial score (nSPS) is 22.9. The first-order valence-electron chi connectivity index (χ1n) is 6.48. The molecule has 1 saturated heterocycles. The molecule has 3 nitrogen and oxygen atoms in total. The predicted octanol–water partition coefficient (Wildman–Crippen LogP) is 3.42. The Morgan fingerprint density at radius 3 is 3.11 bits per heavy atom. The molecule has 1 fully saturated rings. The second kappa shape index (κ2) is 7.60. The Bertz CT molecular complexity index is 416. The fourth-order valence-corrected chi connectivity index (χ4v) is 2.88. The van der Waals surface area contributed by atoms with Crippen molar-refractivity contribution in [1.29, 1.82) is 0 Å². The first kappa shape index (κ1) is 15.3. The van der Waals surface area contributed by atoms with Gasteiger partial charge in [-0.15, -0.1) is 0 Å². The zero-order valence-corrected chi connectivity index (χ0v) is 13.3. The summed E-state index contributed by atoms with van der Waals surface area (Å²) in [4.78, 5) is 0. The molecule has 0 aromatic heterocycles. The molecule has 106 valence electrons. The van der Waals surface area contributed by atoms with Crippen LogP contribution in [-0.2, 0) is 9.47 Å². The second-order valence-electron chi connectivity index (χ2n) is 4.71. The average Bonchev–Trinajstić information content (AvgIpc) is 2.86. The smallest absolute Gasteiger partial charge is 0.0866 e. The molecule has 19 heavy (non-hydrogen) atoms. The van der Waals surface area contributed by atoms with E-state index in [2.05, 4.69) is 27.3 Å². The summed E-state index contributed by atoms with van der Waals surface area (Å²) in [5.74, 6) is 0.505. The van der Waals surface area contributed by atoms with Gasteiger partial charge in [0.05, 0.1) is 17.7 Å². The number of methoxy groups -OCH3 is 1. The molecule has 0 bridgehead atoms. The number of hydrogen-bond donors (Lipinski definition) is 1. The molecule has 2 atom stereocenters. The van der Waals surface area contributed by atoms with Crippen LogP contribution in [0, 0.1) is 5.92 Å². The number of nitrogens with one attached hydrogen (secondary N) is 1. The highest BCUT2D eigenvalue weighted by Gasteiger charge is 2.29. The van der Waals surface area contributed by atoms with Gasteiger partial charge in [-0.25, -0.2) is 0 Å². The van der Waals surface area contributed by atoms with Crippen molar-refractivity contribution in [2.45, 2.75) is 12.5 Å². The first-order chi connectivity index (χ1) is 9.22. The zero-order valence-electron chi connectivity index (χ0n) is 11.0. The van der Waals surface area contributed by atoms with Crippen LogP contribution < -0.4 is 5.32 Å². The maximum atomic E-state index is 6.03. The summed E-state index contributed by atoms with van der Waals surface area (Å²) >= 11 is 9.49. The van der Waals surface area contributed by atoms with E-state index >= 15 is 0 Å². The number of hydrogen-bond acceptors (Lipinski definition) is 3. The number of benzene rings is 1. The molecule has 0 spiro atoms. The lowest BCUT2D eigenvalue weighted by atomic mass is 9.95. The van der Waals surface area contributed by atoms with Gasteiger partial charge in [0.15, 0.2) is 0 Å². The third-order valence-electron chi connectivity index (χ3n) is 3.38. The van der Waals surface area contributed by atoms with Crippen LogP contribution in [-0.4, -0.2) is 33.4 Å². The van der Waals surface area contributed by atoms with E-state index in [0.29, 0.717) is 5.92 Å². The van der Waals surface area contributed by atoms with Crippen LogP contribution in [0.2, 0.25) is 5.02 Å². The molecule has 0 amide bonds. The Morgan fingerprint density at radius 1 is 1.53 bits per heavy atom. The summed E-state index contributed by atoms with van der Waals surface area (Å²) < 4.78 is 11.8. The highest BCUT2D eigenvalue weighted by molar-refractivity contribution is 9.10. The van der Waals surface area contributed by atoms with Gasteiger partial charge in [-0.3, -0.25) is 0 Å². The monoisotopic (exact) mass is 347 g/mol. The van der Waals surface area contributed by atoms with E-state index in [1.807, 2.05) is 12.1 Å². The molecule has 0 radical (unpaired) electrons. The van der Waals surface area contributed by atoms with Gasteiger partial charge in [-0.2, -0.15) is 0 Å². The molecule has 0 saturated carbocycles. The van der Waals surface area contributed by atoms with E-state index in [-0.39, 0.29) is 6.10 Å². The average molecular weight is 349 g/mol. The number of halogens is 2. The van der Waals surface area contributed by atoms with Crippen LogP contribution in [0.4, 0.5) is 0 Å². The van der Waals surface area contributed by atoms with Crippen molar-refractivity contribution >= 4 is 27.5 Å². The summed E-state index contributed by atoms with van der Waals surface area (Å²) in [7, 11) is 1.72. The highest BCUT2D eigenvalue weighted by Crippen LogP contribution is 2.36. The molecule has 2 rings (SSSR count). The second-order valence-corrected chi connectivity index (χ2v) is 5.97. The van der Waals surface area contributed by atoms with E-state index in [1.54, 1.807) is 7.11 Å². The summed E-state index contributed by atoms with van der Waals surface area (Å²) in [5.41, 5.74) is 1.19. The molecular formula is C14H19BrClNO2. The molecule has 1 N–H and O–H groups in total. The number of ether oxygens (including phenoxy) is 2. The van der Waals surface area contributed by atoms with Gasteiger partial charge < -0.3 is 14.8 Å². The minimum atomic E-state index is 0.156. The van der Waals surface area contributed by atoms with Crippen LogP contribution in [0.1, 0.15) is 18.1 Å². The summed E-state index contributed by atoms with van der Waals surface area (Å²) in [6.45, 7) is 3.39. The summed E-state index contributed by atoms with van der Waals surface area (Å²) in [6.07, 6.45) is 1.24. The van der Waals surface area contributed by atoms with E-state index in [9.17, 15) is 0 Å². The molecule has 1 heterocycles. The van der Waals surface area contributed by atoms with Gasteiger partial charge in [0, 0.05) is 37.2 Å². The standard InChI is InChI=1S/C14H19BrClNO2/c1-18-7-5-17-9-11-4-6-19-14(11)10-2-3-13(16)12(15)8-10/h2-3,8,11,14,17H,4-7,9H2,1H3. The SMILES string of the molecule is COCCNCC1CCOC1c1ccc(Cl)c(Br)c1. The molecule has 5 heteroatoms. The third kappa shape index (κ3) is 4.17. The third-order valence-corrected chi connectivity index (χ3v) is 4.59. The van der Waals surface area contributed by atoms with Gasteiger partial charge in [0.1, 0.15) is 0 Å². The minimum Gasteiger partial charge on any atom is -0.383 e. The lowest BCUT2D eigenvalue weighted by Crippen LogP contribution is -2.27. The van der Waals surface area contributed by atoms with Gasteiger partial charge in [0.25, 0.3) is 0 Å². The topological polar surface area (TPSA) is 30.5 Å². The molecule has 0 aliphatic carbocycles. The molecular weight excluding hydrogens is 330 g/mol. The van der Waals surface area contributed by atoms with E-state index < -0.39 is 0 Å². The lowest BCUT2D eigenvalue weighted by molar-refractivity contribution is 0.0898. The van der Waals surface area contributed by atoms with E-state index in [0.717, 1.165) is 42.2 Å². The van der Waals surface area contributed by atoms with Crippen LogP contribution >= 0.6 is 27.5 Å². The van der Waals surface area contributed by atoms with E-state index in [1.165, 1.54) is 5.56 Å². The summed E-state index contributed by atoms with van der Waals surface area (Å²) in [5, 5.41) is 4.14. The fraction of sp³-hybridized carbons (Fsp3) is 0.571. The van der Waals surface area contributed by atoms with Crippen LogP contribution in [0.25, 0.3) is 0 Å². The Hall–Kier alpha value is -0.130. The Labute approximate surface area is 127 Å². The maximum absolute atomic E-state index is 6.03. The molecule has 1 aromatic rings. The molecule has 1 aromatic carbocycles. The van der Waals surface area contributed by atoms with Crippen molar-refractivity contribution in [2.75, 3.05) is 33.4 Å². The largest absolute Gasteiger partial charge is 0.383 e. The van der Waals surface area contributed by atoms with Gasteiger partial charge in [0.2, 0.25) is 0 Å². The van der Waals surface area contributed by atoms with Crippen molar-refractivity contribution in [2.24, 2.45) is 5.92 Å². The van der Waals surface area contributed by atoms with Crippen molar-refractivity contribution in [3.05, 3.63) is 33.3 Å². The maximum Gasteiger partial charge on any atom is 0.0866 e. The number of rotatable bonds is 6. The van der Waals surface area contributed by atoms with Crippen LogP contribution in [0.15, 0.2) is 22.7 Å². The van der Waals surface area contributed by atoms with Crippen molar-refractivity contribution < 1.29 is 9.47 Å². The first-order valence-corrected chi connectivity index (χ1v) is 7.65. The quantitative estimate of drug-likeness (QED) is 0.799. The fourth-order valence-electron chi connectivity index (χ4n) is 2.36. The van der Waals surface area contributed by atoms with Crippen molar-refractivity contribution in [3.8, 4) is 0 Å². The Balaban J connectivity index is 1.95. The predicted molar refractivity (Wildman–Crippen MR) is 80.7 cm³/mol. The Kier molecular flexibility index (Phi) is 6.10. The molecule has 1 aliphatic rings. The Morgan fingerprint density at radius 2 is 2.37 bits per heavy atom.